The maximum Gasteiger partial charge on any atom is 0.259 e. The highest BCUT2D eigenvalue weighted by Crippen LogP contribution is 2.27. The summed E-state index contributed by atoms with van der Waals surface area (Å²) in [7, 11) is 0. The number of ether oxygens (including phenoxy) is 1. The molecule has 0 bridgehead atoms. The zero-order valence-corrected chi connectivity index (χ0v) is 17.4. The van der Waals surface area contributed by atoms with Gasteiger partial charge in [-0.05, 0) is 55.3 Å². The van der Waals surface area contributed by atoms with Gasteiger partial charge in [0.05, 0.1) is 0 Å². The fourth-order valence-electron chi connectivity index (χ4n) is 3.81. The number of nitrogens with zero attached hydrogens (tertiary/aromatic N) is 3. The Morgan fingerprint density at radius 2 is 1.96 bits per heavy atom. The van der Waals surface area contributed by atoms with Crippen LogP contribution in [0.15, 0.2) is 36.5 Å². The summed E-state index contributed by atoms with van der Waals surface area (Å²) in [6.45, 7) is 7.41. The summed E-state index contributed by atoms with van der Waals surface area (Å²) in [5.74, 6) is 2.59. The number of amides is 1. The Morgan fingerprint density at radius 3 is 2.71 bits per heavy atom. The first kappa shape index (κ1) is 19.1. The van der Waals surface area contributed by atoms with E-state index in [-0.39, 0.29) is 12.0 Å². The van der Waals surface area contributed by atoms with E-state index >= 15 is 0 Å². The Kier molecular flexibility index (Phi) is 5.76. The van der Waals surface area contributed by atoms with E-state index in [0.29, 0.717) is 24.5 Å². The van der Waals surface area contributed by atoms with Gasteiger partial charge in [-0.3, -0.25) is 4.79 Å². The van der Waals surface area contributed by atoms with Gasteiger partial charge in [0.25, 0.3) is 5.91 Å². The number of hydrogen-bond acceptors (Lipinski definition) is 5. The van der Waals surface area contributed by atoms with Crippen molar-refractivity contribution in [2.24, 2.45) is 0 Å². The monoisotopic (exact) mass is 397 g/mol. The molecule has 0 radical (unpaired) electrons. The van der Waals surface area contributed by atoms with E-state index < -0.39 is 0 Å². The van der Waals surface area contributed by atoms with Crippen molar-refractivity contribution in [1.29, 1.82) is 0 Å². The number of aryl methyl sites for hydroxylation is 1. The molecule has 2 aliphatic rings. The molecule has 0 saturated carbocycles. The van der Waals surface area contributed by atoms with E-state index in [1.54, 1.807) is 6.20 Å². The van der Waals surface area contributed by atoms with E-state index in [1.807, 2.05) is 28.8 Å². The molecular weight excluding hydrogens is 370 g/mol. The Balaban J connectivity index is 1.44. The summed E-state index contributed by atoms with van der Waals surface area (Å²) in [5, 5.41) is 0. The van der Waals surface area contributed by atoms with Gasteiger partial charge in [-0.2, -0.15) is 11.8 Å². The molecule has 0 aliphatic carbocycles. The van der Waals surface area contributed by atoms with Crippen molar-refractivity contribution < 1.29 is 9.53 Å². The maximum absolute atomic E-state index is 13.1. The second kappa shape index (κ2) is 8.43. The minimum atomic E-state index is 0.0226. The number of benzene rings is 1. The van der Waals surface area contributed by atoms with Crippen molar-refractivity contribution in [2.75, 3.05) is 42.6 Å². The number of carbonyl (C=O) groups excluding carboxylic acids is 1. The second-order valence-corrected chi connectivity index (χ2v) is 8.61. The van der Waals surface area contributed by atoms with Crippen LogP contribution in [0, 0.1) is 13.8 Å². The number of anilines is 1. The highest BCUT2D eigenvalue weighted by molar-refractivity contribution is 7.99. The second-order valence-electron chi connectivity index (χ2n) is 7.46. The molecule has 28 heavy (non-hydrogen) atoms. The van der Waals surface area contributed by atoms with Crippen molar-refractivity contribution in [3.8, 4) is 5.88 Å². The molecule has 1 aromatic carbocycles. The predicted molar refractivity (Wildman–Crippen MR) is 115 cm³/mol. The first-order valence-corrected chi connectivity index (χ1v) is 11.1. The summed E-state index contributed by atoms with van der Waals surface area (Å²) in [4.78, 5) is 21.8. The number of aromatic nitrogens is 1. The molecule has 0 N–H and O–H groups in total. The first-order valence-electron chi connectivity index (χ1n) is 9.93. The topological polar surface area (TPSA) is 45.7 Å². The highest BCUT2D eigenvalue weighted by Gasteiger charge is 2.27. The lowest BCUT2D eigenvalue weighted by molar-refractivity contribution is 0.0738. The van der Waals surface area contributed by atoms with Gasteiger partial charge in [0.1, 0.15) is 11.7 Å². The van der Waals surface area contributed by atoms with Crippen LogP contribution in [-0.2, 0) is 0 Å². The first-order chi connectivity index (χ1) is 13.6. The van der Waals surface area contributed by atoms with Crippen LogP contribution in [0.3, 0.4) is 0 Å². The molecule has 1 amide bonds. The van der Waals surface area contributed by atoms with E-state index in [9.17, 15) is 4.79 Å². The average molecular weight is 398 g/mol. The van der Waals surface area contributed by atoms with Gasteiger partial charge in [0.15, 0.2) is 0 Å². The smallest absolute Gasteiger partial charge is 0.259 e. The fourth-order valence-corrected chi connectivity index (χ4v) is 4.90. The molecule has 1 atom stereocenters. The third kappa shape index (κ3) is 3.97. The highest BCUT2D eigenvalue weighted by atomic mass is 32.2. The molecule has 2 aliphatic heterocycles. The summed E-state index contributed by atoms with van der Waals surface area (Å²) >= 11 is 1.89. The van der Waals surface area contributed by atoms with E-state index in [4.69, 9.17) is 4.74 Å². The third-order valence-corrected chi connectivity index (χ3v) is 6.78. The minimum absolute atomic E-state index is 0.0226. The molecule has 1 aromatic heterocycles. The molecule has 3 heterocycles. The molecule has 2 fully saturated rings. The number of hydrogen-bond donors (Lipinski definition) is 0. The fraction of sp³-hybridized carbons (Fsp3) is 0.455. The van der Waals surface area contributed by atoms with Crippen molar-refractivity contribution >= 4 is 23.4 Å². The zero-order valence-electron chi connectivity index (χ0n) is 16.6. The summed E-state index contributed by atoms with van der Waals surface area (Å²) < 4.78 is 6.05. The van der Waals surface area contributed by atoms with Gasteiger partial charge in [-0.25, -0.2) is 4.98 Å². The van der Waals surface area contributed by atoms with Crippen molar-refractivity contribution in [3.05, 3.63) is 53.2 Å². The van der Waals surface area contributed by atoms with Crippen LogP contribution in [0.1, 0.15) is 27.9 Å². The zero-order chi connectivity index (χ0) is 19.5. The summed E-state index contributed by atoms with van der Waals surface area (Å²) in [6, 6.07) is 10.1. The average Bonchev–Trinajstić information content (AvgIpc) is 3.23. The molecule has 148 valence electrons. The van der Waals surface area contributed by atoms with Gasteiger partial charge in [-0.15, -0.1) is 0 Å². The SMILES string of the molecule is Cc1cccc(N2CCN(C(=O)c3cccnc3OC3CCSC3)CC2)c1C. The molecule has 0 spiro atoms. The van der Waals surface area contributed by atoms with Gasteiger partial charge < -0.3 is 14.5 Å². The van der Waals surface area contributed by atoms with Gasteiger partial charge in [-0.1, -0.05) is 12.1 Å². The lowest BCUT2D eigenvalue weighted by atomic mass is 10.1. The van der Waals surface area contributed by atoms with E-state index in [2.05, 4.69) is 41.9 Å². The number of thioether (sulfide) groups is 1. The van der Waals surface area contributed by atoms with Gasteiger partial charge in [0, 0.05) is 43.8 Å². The van der Waals surface area contributed by atoms with Crippen molar-refractivity contribution in [3.63, 3.8) is 0 Å². The van der Waals surface area contributed by atoms with Crippen LogP contribution < -0.4 is 9.64 Å². The number of pyridine rings is 1. The number of piperazine rings is 1. The van der Waals surface area contributed by atoms with Crippen molar-refractivity contribution in [2.45, 2.75) is 26.4 Å². The summed E-state index contributed by atoms with van der Waals surface area (Å²) in [6.07, 6.45) is 2.88. The summed E-state index contributed by atoms with van der Waals surface area (Å²) in [5.41, 5.74) is 4.48. The molecule has 1 unspecified atom stereocenters. The Hall–Kier alpha value is -2.21. The lowest BCUT2D eigenvalue weighted by Crippen LogP contribution is -2.49. The molecule has 4 rings (SSSR count). The molecular formula is C22H27N3O2S. The largest absolute Gasteiger partial charge is 0.473 e. The number of rotatable bonds is 4. The molecule has 2 saturated heterocycles. The van der Waals surface area contributed by atoms with Gasteiger partial charge in [0.2, 0.25) is 5.88 Å². The van der Waals surface area contributed by atoms with Crippen LogP contribution in [-0.4, -0.2) is 59.6 Å². The maximum atomic E-state index is 13.1. The Morgan fingerprint density at radius 1 is 1.14 bits per heavy atom. The third-order valence-electron chi connectivity index (χ3n) is 5.65. The molecule has 2 aromatic rings. The molecule has 5 nitrogen and oxygen atoms in total. The number of carbonyl (C=O) groups is 1. The lowest BCUT2D eigenvalue weighted by Gasteiger charge is -2.37. The van der Waals surface area contributed by atoms with E-state index in [1.165, 1.54) is 16.8 Å². The van der Waals surface area contributed by atoms with Gasteiger partial charge >= 0.3 is 0 Å². The van der Waals surface area contributed by atoms with Crippen molar-refractivity contribution in [1.82, 2.24) is 9.88 Å². The van der Waals surface area contributed by atoms with Crippen LogP contribution >= 0.6 is 11.8 Å². The quantitative estimate of drug-likeness (QED) is 0.790. The van der Waals surface area contributed by atoms with Crippen LogP contribution in [0.2, 0.25) is 0 Å². The minimum Gasteiger partial charge on any atom is -0.473 e. The standard InChI is InChI=1S/C22H27N3O2S/c1-16-5-3-7-20(17(16)2)24-10-12-25(13-11-24)22(26)19-6-4-9-23-21(19)27-18-8-14-28-15-18/h3-7,9,18H,8,10-15H2,1-2H3. The Bertz CT molecular complexity index is 843. The predicted octanol–water partition coefficient (Wildman–Crippen LogP) is 3.55. The molecule has 6 heteroatoms. The van der Waals surface area contributed by atoms with Crippen LogP contribution in [0.4, 0.5) is 5.69 Å². The van der Waals surface area contributed by atoms with E-state index in [0.717, 1.165) is 31.0 Å². The van der Waals surface area contributed by atoms with Crippen LogP contribution in [0.5, 0.6) is 5.88 Å². The Labute approximate surface area is 171 Å². The van der Waals surface area contributed by atoms with Crippen LogP contribution in [0.25, 0.3) is 0 Å². The normalized spacial score (nSPS) is 19.7.